The van der Waals surface area contributed by atoms with E-state index in [1.165, 1.54) is 44.9 Å². The molecule has 180 valence electrons. The van der Waals surface area contributed by atoms with Gasteiger partial charge in [-0.1, -0.05) is 32.1 Å². The van der Waals surface area contributed by atoms with Crippen molar-refractivity contribution in [3.05, 3.63) is 39.8 Å². The maximum Gasteiger partial charge on any atom is 0.259 e. The van der Waals surface area contributed by atoms with E-state index in [0.717, 1.165) is 66.6 Å². The average Bonchev–Trinajstić information content (AvgIpc) is 3.55. The van der Waals surface area contributed by atoms with E-state index < -0.39 is 0 Å². The minimum Gasteiger partial charge on any atom is -0.336 e. The summed E-state index contributed by atoms with van der Waals surface area (Å²) in [4.78, 5) is 34.1. The first-order valence-corrected chi connectivity index (χ1v) is 13.2. The van der Waals surface area contributed by atoms with Crippen molar-refractivity contribution in [2.24, 2.45) is 0 Å². The normalized spacial score (nSPS) is 21.1. The van der Waals surface area contributed by atoms with E-state index in [1.54, 1.807) is 6.20 Å². The molecule has 3 heterocycles. The van der Waals surface area contributed by atoms with Crippen LogP contribution in [-0.2, 0) is 0 Å². The number of benzene rings is 1. The van der Waals surface area contributed by atoms with Gasteiger partial charge >= 0.3 is 0 Å². The van der Waals surface area contributed by atoms with Gasteiger partial charge in [0.2, 0.25) is 0 Å². The highest BCUT2D eigenvalue weighted by molar-refractivity contribution is 6.07. The van der Waals surface area contributed by atoms with Crippen molar-refractivity contribution in [1.82, 2.24) is 24.6 Å². The topological polar surface area (TPSA) is 74.2 Å². The van der Waals surface area contributed by atoms with Crippen molar-refractivity contribution in [2.75, 3.05) is 26.2 Å². The van der Waals surface area contributed by atoms with Crippen LogP contribution in [0.25, 0.3) is 21.8 Å². The van der Waals surface area contributed by atoms with Crippen LogP contribution >= 0.6 is 0 Å². The van der Waals surface area contributed by atoms with Crippen molar-refractivity contribution < 1.29 is 4.79 Å². The molecule has 1 saturated heterocycles. The molecule has 34 heavy (non-hydrogen) atoms. The smallest absolute Gasteiger partial charge is 0.259 e. The van der Waals surface area contributed by atoms with Crippen LogP contribution in [0.5, 0.6) is 0 Å². The number of nitrogens with zero attached hydrogens (tertiary/aromatic N) is 4. The largest absolute Gasteiger partial charge is 0.336 e. The Morgan fingerprint density at radius 3 is 2.32 bits per heavy atom. The van der Waals surface area contributed by atoms with E-state index >= 15 is 0 Å². The average molecular weight is 462 g/mol. The quantitative estimate of drug-likeness (QED) is 0.628. The summed E-state index contributed by atoms with van der Waals surface area (Å²) in [6.45, 7) is 5.48. The summed E-state index contributed by atoms with van der Waals surface area (Å²) in [6, 6.07) is 5.00. The Bertz CT molecular complexity index is 1270. The van der Waals surface area contributed by atoms with Crippen molar-refractivity contribution in [2.45, 2.75) is 76.8 Å². The third-order valence-electron chi connectivity index (χ3n) is 8.50. The zero-order valence-electron chi connectivity index (χ0n) is 20.2. The van der Waals surface area contributed by atoms with Crippen LogP contribution in [0.3, 0.4) is 0 Å². The molecule has 2 aliphatic carbocycles. The van der Waals surface area contributed by atoms with E-state index in [9.17, 15) is 9.59 Å². The Kier molecular flexibility index (Phi) is 5.68. The molecule has 0 spiro atoms. The van der Waals surface area contributed by atoms with E-state index in [4.69, 9.17) is 0 Å². The second-order valence-electron chi connectivity index (χ2n) is 10.6. The van der Waals surface area contributed by atoms with Gasteiger partial charge in [0, 0.05) is 43.2 Å². The Morgan fingerprint density at radius 1 is 0.912 bits per heavy atom. The van der Waals surface area contributed by atoms with Crippen molar-refractivity contribution in [1.29, 1.82) is 0 Å². The molecule has 3 aliphatic rings. The van der Waals surface area contributed by atoms with Crippen LogP contribution in [0.15, 0.2) is 23.1 Å². The van der Waals surface area contributed by atoms with Crippen LogP contribution in [-0.4, -0.2) is 62.7 Å². The molecule has 7 heteroatoms. The molecule has 6 rings (SSSR count). The first kappa shape index (κ1) is 21.8. The third-order valence-corrected chi connectivity index (χ3v) is 8.50. The fourth-order valence-corrected chi connectivity index (χ4v) is 6.56. The Balaban J connectivity index is 1.32. The van der Waals surface area contributed by atoms with Crippen molar-refractivity contribution >= 4 is 27.7 Å². The Labute approximate surface area is 200 Å². The number of H-pyrrole nitrogens is 1. The first-order valence-electron chi connectivity index (χ1n) is 13.2. The van der Waals surface area contributed by atoms with Gasteiger partial charge in [0.1, 0.15) is 0 Å². The number of aryl methyl sites for hydroxylation is 1. The highest BCUT2D eigenvalue weighted by Gasteiger charge is 2.29. The predicted molar refractivity (Wildman–Crippen MR) is 134 cm³/mol. The van der Waals surface area contributed by atoms with Crippen LogP contribution < -0.4 is 5.56 Å². The number of rotatable bonds is 3. The number of amides is 1. The van der Waals surface area contributed by atoms with Gasteiger partial charge in [-0.05, 0) is 50.3 Å². The summed E-state index contributed by atoms with van der Waals surface area (Å²) in [5.74, 6) is 0.106. The van der Waals surface area contributed by atoms with E-state index in [2.05, 4.69) is 15.0 Å². The molecule has 7 nitrogen and oxygen atoms in total. The van der Waals surface area contributed by atoms with E-state index in [0.29, 0.717) is 17.5 Å². The van der Waals surface area contributed by atoms with E-state index in [1.807, 2.05) is 28.6 Å². The number of nitrogens with one attached hydrogen (secondary N) is 1. The van der Waals surface area contributed by atoms with Crippen molar-refractivity contribution in [3.8, 4) is 0 Å². The number of hydrogen-bond acceptors (Lipinski definition) is 4. The van der Waals surface area contributed by atoms with Crippen LogP contribution in [0.1, 0.15) is 79.8 Å². The monoisotopic (exact) mass is 461 g/mol. The van der Waals surface area contributed by atoms with Gasteiger partial charge in [0.05, 0.1) is 28.7 Å². The molecule has 3 aromatic rings. The standard InChI is InChI=1S/C27H35N5O2/c1-18-15-24-22(25-23(26(33)29-24)17-28-32(25)20-9-5-6-10-20)16-21(18)27(34)31-13-11-30(12-14-31)19-7-3-2-4-8-19/h15-17,19-20H,2-14H2,1H3,(H,29,33). The second-order valence-corrected chi connectivity index (χ2v) is 10.6. The maximum absolute atomic E-state index is 13.6. The fraction of sp³-hybridized carbons (Fsp3) is 0.593. The lowest BCUT2D eigenvalue weighted by atomic mass is 9.93. The number of pyridine rings is 1. The second kappa shape index (κ2) is 8.84. The van der Waals surface area contributed by atoms with Crippen molar-refractivity contribution in [3.63, 3.8) is 0 Å². The Morgan fingerprint density at radius 2 is 1.59 bits per heavy atom. The third kappa shape index (κ3) is 3.74. The molecule has 2 saturated carbocycles. The van der Waals surface area contributed by atoms with Crippen LogP contribution in [0, 0.1) is 6.92 Å². The minimum absolute atomic E-state index is 0.106. The lowest BCUT2D eigenvalue weighted by Crippen LogP contribution is -2.52. The highest BCUT2D eigenvalue weighted by atomic mass is 16.2. The molecule has 1 aliphatic heterocycles. The number of hydrogen-bond donors (Lipinski definition) is 1. The van der Waals surface area contributed by atoms with Gasteiger partial charge in [0.25, 0.3) is 11.5 Å². The van der Waals surface area contributed by atoms with Gasteiger partial charge in [-0.15, -0.1) is 0 Å². The molecular formula is C27H35N5O2. The summed E-state index contributed by atoms with van der Waals surface area (Å²) in [7, 11) is 0. The fourth-order valence-electron chi connectivity index (χ4n) is 6.56. The molecule has 3 fully saturated rings. The number of aromatic amines is 1. The zero-order valence-corrected chi connectivity index (χ0v) is 20.2. The van der Waals surface area contributed by atoms with Gasteiger partial charge < -0.3 is 9.88 Å². The van der Waals surface area contributed by atoms with Gasteiger partial charge in [-0.3, -0.25) is 19.2 Å². The zero-order chi connectivity index (χ0) is 23.2. The van der Waals surface area contributed by atoms with Crippen LogP contribution in [0.4, 0.5) is 0 Å². The molecule has 0 radical (unpaired) electrons. The lowest BCUT2D eigenvalue weighted by Gasteiger charge is -2.40. The molecular weight excluding hydrogens is 426 g/mol. The summed E-state index contributed by atoms with van der Waals surface area (Å²) in [6.07, 6.45) is 12.9. The van der Waals surface area contributed by atoms with Gasteiger partial charge in [0.15, 0.2) is 0 Å². The SMILES string of the molecule is Cc1cc2[nH]c(=O)c3cnn(C4CCCC4)c3c2cc1C(=O)N1CCN(C2CCCCC2)CC1. The van der Waals surface area contributed by atoms with Gasteiger partial charge in [-0.2, -0.15) is 5.10 Å². The number of piperazine rings is 1. The number of aromatic nitrogens is 3. The van der Waals surface area contributed by atoms with Gasteiger partial charge in [-0.25, -0.2) is 0 Å². The molecule has 1 aromatic carbocycles. The molecule has 2 aromatic heterocycles. The minimum atomic E-state index is -0.107. The summed E-state index contributed by atoms with van der Waals surface area (Å²) in [5.41, 5.74) is 3.21. The molecule has 0 unspecified atom stereocenters. The first-order chi connectivity index (χ1) is 16.6. The molecule has 1 N–H and O–H groups in total. The molecule has 0 atom stereocenters. The number of carbonyl (C=O) groups excluding carboxylic acids is 1. The summed E-state index contributed by atoms with van der Waals surface area (Å²) in [5, 5.41) is 6.16. The molecule has 0 bridgehead atoms. The van der Waals surface area contributed by atoms with Crippen LogP contribution in [0.2, 0.25) is 0 Å². The Hall–Kier alpha value is -2.67. The summed E-state index contributed by atoms with van der Waals surface area (Å²) >= 11 is 0. The number of carbonyl (C=O) groups is 1. The predicted octanol–water partition coefficient (Wildman–Crippen LogP) is 4.39. The van der Waals surface area contributed by atoms with E-state index in [-0.39, 0.29) is 11.5 Å². The molecule has 1 amide bonds. The number of fused-ring (bicyclic) bond motifs is 3. The maximum atomic E-state index is 13.6. The lowest BCUT2D eigenvalue weighted by molar-refractivity contribution is 0.0523. The summed E-state index contributed by atoms with van der Waals surface area (Å²) < 4.78 is 2.05. The highest BCUT2D eigenvalue weighted by Crippen LogP contribution is 2.34.